The van der Waals surface area contributed by atoms with Gasteiger partial charge in [0, 0.05) is 23.8 Å². The molecule has 0 spiro atoms. The maximum atomic E-state index is 13.1. The van der Waals surface area contributed by atoms with E-state index in [0.717, 1.165) is 62.2 Å². The zero-order valence-electron chi connectivity index (χ0n) is 15.1. The highest BCUT2D eigenvalue weighted by Crippen LogP contribution is 2.28. The summed E-state index contributed by atoms with van der Waals surface area (Å²) in [5.74, 6) is -1.57. The highest BCUT2D eigenvalue weighted by molar-refractivity contribution is 6.12. The van der Waals surface area contributed by atoms with Gasteiger partial charge in [0.15, 0.2) is 5.92 Å². The van der Waals surface area contributed by atoms with Crippen LogP contribution in [0.5, 0.6) is 0 Å². The van der Waals surface area contributed by atoms with Crippen molar-refractivity contribution in [3.8, 4) is 17.5 Å². The molecular weight excluding hydrogens is 340 g/mol. The van der Waals surface area contributed by atoms with Gasteiger partial charge in [-0.2, -0.15) is 5.26 Å². The lowest BCUT2D eigenvalue weighted by Gasteiger charge is -2.10. The summed E-state index contributed by atoms with van der Waals surface area (Å²) in [7, 11) is 0. The molecule has 1 atom stereocenters. The molecule has 2 aromatic rings. The average Bonchev–Trinajstić information content (AvgIpc) is 3.46. The van der Waals surface area contributed by atoms with Crippen LogP contribution in [0.1, 0.15) is 48.3 Å². The summed E-state index contributed by atoms with van der Waals surface area (Å²) in [6.07, 6.45) is 5.66. The van der Waals surface area contributed by atoms with Gasteiger partial charge in [0.2, 0.25) is 11.7 Å². The molecule has 1 saturated carbocycles. The zero-order chi connectivity index (χ0) is 18.8. The Morgan fingerprint density at radius 3 is 2.67 bits per heavy atom. The van der Waals surface area contributed by atoms with Crippen LogP contribution in [0, 0.1) is 17.2 Å². The van der Waals surface area contributed by atoms with E-state index in [1.165, 1.54) is 0 Å². The van der Waals surface area contributed by atoms with Crippen LogP contribution in [-0.2, 0) is 17.8 Å². The van der Waals surface area contributed by atoms with Gasteiger partial charge in [-0.3, -0.25) is 9.59 Å². The quantitative estimate of drug-likeness (QED) is 0.654. The van der Waals surface area contributed by atoms with Gasteiger partial charge >= 0.3 is 0 Å². The molecule has 138 valence electrons. The molecule has 6 nitrogen and oxygen atoms in total. The summed E-state index contributed by atoms with van der Waals surface area (Å²) in [4.78, 5) is 30.1. The molecule has 1 aliphatic heterocycles. The third-order valence-corrected chi connectivity index (χ3v) is 5.21. The molecule has 1 aromatic carbocycles. The van der Waals surface area contributed by atoms with Gasteiger partial charge < -0.3 is 9.88 Å². The lowest BCUT2D eigenvalue weighted by molar-refractivity contribution is -0.122. The Morgan fingerprint density at radius 2 is 1.96 bits per heavy atom. The van der Waals surface area contributed by atoms with Crippen molar-refractivity contribution in [2.75, 3.05) is 0 Å². The predicted molar refractivity (Wildman–Crippen MR) is 99.8 cm³/mol. The second-order valence-electron chi connectivity index (χ2n) is 7.27. The number of rotatable bonds is 5. The van der Waals surface area contributed by atoms with E-state index in [1.807, 2.05) is 36.4 Å². The minimum Gasteiger partial charge on any atom is -0.352 e. The van der Waals surface area contributed by atoms with Gasteiger partial charge in [-0.25, -0.2) is 4.98 Å². The summed E-state index contributed by atoms with van der Waals surface area (Å²) < 4.78 is 2.10. The first kappa shape index (κ1) is 17.5. The molecule has 4 rings (SSSR count). The van der Waals surface area contributed by atoms with E-state index in [1.54, 1.807) is 0 Å². The monoisotopic (exact) mass is 362 g/mol. The molecule has 0 bridgehead atoms. The maximum absolute atomic E-state index is 13.1. The number of nitrogens with one attached hydrogen (secondary N) is 1. The van der Waals surface area contributed by atoms with Crippen LogP contribution in [0.3, 0.4) is 0 Å². The third-order valence-electron chi connectivity index (χ3n) is 5.21. The normalized spacial score (nSPS) is 17.3. The van der Waals surface area contributed by atoms with Crippen molar-refractivity contribution >= 4 is 11.7 Å². The molecular formula is C21H22N4O2. The van der Waals surface area contributed by atoms with E-state index < -0.39 is 17.6 Å². The van der Waals surface area contributed by atoms with Gasteiger partial charge in [-0.15, -0.1) is 0 Å². The van der Waals surface area contributed by atoms with Crippen LogP contribution >= 0.6 is 0 Å². The molecule has 1 fully saturated rings. The smallest absolute Gasteiger partial charge is 0.245 e. The van der Waals surface area contributed by atoms with E-state index in [4.69, 9.17) is 0 Å². The van der Waals surface area contributed by atoms with Crippen molar-refractivity contribution in [2.45, 2.75) is 51.1 Å². The number of hydrogen-bond donors (Lipinski definition) is 1. The number of nitrogens with zero attached hydrogens (tertiary/aromatic N) is 3. The minimum atomic E-state index is -1.34. The van der Waals surface area contributed by atoms with E-state index in [9.17, 15) is 14.9 Å². The number of carbonyl (C=O) groups is 2. The first-order valence-corrected chi connectivity index (χ1v) is 9.58. The number of aromatic nitrogens is 2. The van der Waals surface area contributed by atoms with Gasteiger partial charge in [0.05, 0.1) is 6.07 Å². The molecule has 1 aromatic heterocycles. The van der Waals surface area contributed by atoms with E-state index in [-0.39, 0.29) is 11.7 Å². The molecule has 1 amide bonds. The second-order valence-corrected chi connectivity index (χ2v) is 7.27. The molecule has 0 unspecified atom stereocenters. The molecule has 1 aliphatic carbocycles. The van der Waals surface area contributed by atoms with Crippen LogP contribution in [0.15, 0.2) is 30.3 Å². The summed E-state index contributed by atoms with van der Waals surface area (Å²) in [5.41, 5.74) is 2.08. The maximum Gasteiger partial charge on any atom is 0.245 e. The SMILES string of the molecule is N#C[C@H](C(=O)NC1CC1)C(=O)c1nc(-c2ccccc2)n2c1CCCCC2. The van der Waals surface area contributed by atoms with Crippen LogP contribution in [0.4, 0.5) is 0 Å². The fourth-order valence-electron chi connectivity index (χ4n) is 3.61. The summed E-state index contributed by atoms with van der Waals surface area (Å²) in [5, 5.41) is 12.2. The fourth-order valence-corrected chi connectivity index (χ4v) is 3.61. The Morgan fingerprint density at radius 1 is 1.19 bits per heavy atom. The van der Waals surface area contributed by atoms with Crippen LogP contribution in [-0.4, -0.2) is 27.3 Å². The van der Waals surface area contributed by atoms with Crippen molar-refractivity contribution in [1.29, 1.82) is 5.26 Å². The number of hydrogen-bond acceptors (Lipinski definition) is 4. The highest BCUT2D eigenvalue weighted by Gasteiger charge is 2.35. The number of fused-ring (bicyclic) bond motifs is 1. The van der Waals surface area contributed by atoms with Crippen LogP contribution in [0.2, 0.25) is 0 Å². The lowest BCUT2D eigenvalue weighted by atomic mass is 9.99. The van der Waals surface area contributed by atoms with Crippen molar-refractivity contribution in [2.24, 2.45) is 5.92 Å². The first-order valence-electron chi connectivity index (χ1n) is 9.58. The summed E-state index contributed by atoms with van der Waals surface area (Å²) >= 11 is 0. The highest BCUT2D eigenvalue weighted by atomic mass is 16.2. The number of Topliss-reactive ketones (excluding diaryl/α,β-unsaturated/α-hetero) is 1. The standard InChI is InChI=1S/C21H22N4O2/c22-13-16(21(27)23-15-10-11-15)19(26)18-17-9-5-2-6-12-25(17)20(24-18)14-7-3-1-4-8-14/h1,3-4,7-8,15-16H,2,5-6,9-12H2,(H,23,27)/t16-/m0/s1. The number of ketones is 1. The molecule has 0 saturated heterocycles. The van der Waals surface area contributed by atoms with E-state index in [0.29, 0.717) is 0 Å². The van der Waals surface area contributed by atoms with Crippen molar-refractivity contribution in [3.05, 3.63) is 41.7 Å². The van der Waals surface area contributed by atoms with Crippen molar-refractivity contribution in [3.63, 3.8) is 0 Å². The lowest BCUT2D eigenvalue weighted by Crippen LogP contribution is -2.36. The molecule has 1 N–H and O–H groups in total. The Balaban J connectivity index is 1.73. The average molecular weight is 362 g/mol. The Hall–Kier alpha value is -2.94. The number of benzene rings is 1. The molecule has 27 heavy (non-hydrogen) atoms. The number of nitriles is 1. The predicted octanol–water partition coefficient (Wildman–Crippen LogP) is 2.88. The van der Waals surface area contributed by atoms with Gasteiger partial charge in [0.25, 0.3) is 0 Å². The van der Waals surface area contributed by atoms with Crippen LogP contribution < -0.4 is 5.32 Å². The Labute approximate surface area is 158 Å². The Bertz CT molecular complexity index is 906. The number of imidazole rings is 1. The molecule has 2 aliphatic rings. The summed E-state index contributed by atoms with van der Waals surface area (Å²) in [6.45, 7) is 0.797. The minimum absolute atomic E-state index is 0.111. The molecule has 0 radical (unpaired) electrons. The number of carbonyl (C=O) groups excluding carboxylic acids is 2. The van der Waals surface area contributed by atoms with Gasteiger partial charge in [0.1, 0.15) is 11.5 Å². The Kier molecular flexibility index (Phi) is 4.76. The summed E-state index contributed by atoms with van der Waals surface area (Å²) in [6, 6.07) is 11.8. The van der Waals surface area contributed by atoms with E-state index >= 15 is 0 Å². The van der Waals surface area contributed by atoms with E-state index in [2.05, 4.69) is 14.9 Å². The first-order chi connectivity index (χ1) is 13.2. The second kappa shape index (κ2) is 7.36. The third kappa shape index (κ3) is 3.50. The fraction of sp³-hybridized carbons (Fsp3) is 0.429. The largest absolute Gasteiger partial charge is 0.352 e. The zero-order valence-corrected chi connectivity index (χ0v) is 15.1. The number of amides is 1. The van der Waals surface area contributed by atoms with Gasteiger partial charge in [-0.05, 0) is 32.1 Å². The topological polar surface area (TPSA) is 87.8 Å². The molecule has 2 heterocycles. The van der Waals surface area contributed by atoms with Crippen molar-refractivity contribution < 1.29 is 9.59 Å². The van der Waals surface area contributed by atoms with Gasteiger partial charge in [-0.1, -0.05) is 36.8 Å². The van der Waals surface area contributed by atoms with Crippen LogP contribution in [0.25, 0.3) is 11.4 Å². The molecule has 6 heteroatoms. The van der Waals surface area contributed by atoms with Crippen molar-refractivity contribution in [1.82, 2.24) is 14.9 Å².